The number of carbonyl (C=O) groups excluding carboxylic acids is 1. The van der Waals surface area contributed by atoms with Gasteiger partial charge in [0.25, 0.3) is 0 Å². The molecule has 1 aliphatic rings. The number of carbonyl (C=O) groups is 2. The lowest BCUT2D eigenvalue weighted by molar-refractivity contribution is -0.129. The first kappa shape index (κ1) is 25.6. The maximum Gasteiger partial charge on any atom is 0.353 e. The van der Waals surface area contributed by atoms with Gasteiger partial charge in [0.05, 0.1) is 0 Å². The first-order valence-corrected chi connectivity index (χ1v) is 13.2. The summed E-state index contributed by atoms with van der Waals surface area (Å²) >= 11 is 0. The van der Waals surface area contributed by atoms with Crippen molar-refractivity contribution in [1.29, 1.82) is 0 Å². The first-order chi connectivity index (χ1) is 18.1. The summed E-state index contributed by atoms with van der Waals surface area (Å²) in [5.41, 5.74) is 6.23. The monoisotopic (exact) mass is 509 g/mol. The Hall–Kier alpha value is -4.06. The molecule has 6 nitrogen and oxygen atoms in total. The lowest BCUT2D eigenvalue weighted by atomic mass is 9.86. The van der Waals surface area contributed by atoms with Crippen molar-refractivity contribution >= 4 is 28.5 Å². The van der Waals surface area contributed by atoms with Crippen molar-refractivity contribution in [2.75, 3.05) is 31.1 Å². The minimum absolute atomic E-state index is 0.0197. The summed E-state index contributed by atoms with van der Waals surface area (Å²) < 4.78 is 1.93. The molecule has 0 atom stereocenters. The Morgan fingerprint density at radius 2 is 1.55 bits per heavy atom. The average molecular weight is 510 g/mol. The number of amides is 1. The summed E-state index contributed by atoms with van der Waals surface area (Å²) in [5, 5.41) is 11.4. The maximum atomic E-state index is 12.7. The quantitative estimate of drug-likeness (QED) is 0.357. The molecule has 1 aliphatic heterocycles. The van der Waals surface area contributed by atoms with E-state index in [1.165, 1.54) is 5.56 Å². The fraction of sp³-hybridized carbons (Fsp3) is 0.312. The fourth-order valence-electron chi connectivity index (χ4n) is 5.43. The molecular formula is C32H35N3O3. The molecule has 4 aromatic rings. The molecule has 0 aliphatic carbocycles. The second kappa shape index (κ2) is 10.0. The summed E-state index contributed by atoms with van der Waals surface area (Å²) in [5.74, 6) is -0.824. The Labute approximate surface area is 224 Å². The molecule has 0 unspecified atom stereocenters. The summed E-state index contributed by atoms with van der Waals surface area (Å²) in [6.07, 6.45) is 0. The van der Waals surface area contributed by atoms with Crippen molar-refractivity contribution in [2.24, 2.45) is 0 Å². The van der Waals surface area contributed by atoms with Crippen LogP contribution < -0.4 is 4.90 Å². The van der Waals surface area contributed by atoms with Crippen LogP contribution in [-0.4, -0.2) is 52.6 Å². The third-order valence-electron chi connectivity index (χ3n) is 7.55. The highest BCUT2D eigenvalue weighted by atomic mass is 16.4. The Balaban J connectivity index is 1.53. The smallest absolute Gasteiger partial charge is 0.353 e. The Morgan fingerprint density at radius 1 is 0.868 bits per heavy atom. The fourth-order valence-corrected chi connectivity index (χ4v) is 5.43. The predicted molar refractivity (Wildman–Crippen MR) is 153 cm³/mol. The standard InChI is InChI=1S/C32H35N3O3/c1-22(36)33-16-18-34(19-17-33)26-9-7-8-23(20-26)21-35-28-11-6-5-10-27(28)29(30(35)31(37)38)24-12-14-25(15-13-24)32(2,3)4/h5-15,20H,16-19,21H2,1-4H3,(H,37,38). The van der Waals surface area contributed by atoms with Gasteiger partial charge in [-0.1, -0.05) is 75.4 Å². The molecule has 5 rings (SSSR count). The molecule has 1 saturated heterocycles. The van der Waals surface area contributed by atoms with Crippen molar-refractivity contribution < 1.29 is 14.7 Å². The average Bonchev–Trinajstić information content (AvgIpc) is 3.23. The number of piperazine rings is 1. The zero-order valence-corrected chi connectivity index (χ0v) is 22.6. The third kappa shape index (κ3) is 4.91. The van der Waals surface area contributed by atoms with Gasteiger partial charge in [-0.25, -0.2) is 4.79 Å². The van der Waals surface area contributed by atoms with Crippen LogP contribution in [0.25, 0.3) is 22.0 Å². The van der Waals surface area contributed by atoms with Gasteiger partial charge in [-0.3, -0.25) is 4.79 Å². The Bertz CT molecular complexity index is 1490. The molecule has 0 radical (unpaired) electrons. The van der Waals surface area contributed by atoms with Crippen LogP contribution in [0.2, 0.25) is 0 Å². The molecule has 38 heavy (non-hydrogen) atoms. The summed E-state index contributed by atoms with van der Waals surface area (Å²) in [7, 11) is 0. The van der Waals surface area contributed by atoms with Crippen LogP contribution in [0.4, 0.5) is 5.69 Å². The first-order valence-electron chi connectivity index (χ1n) is 13.2. The minimum atomic E-state index is -0.937. The molecule has 6 heteroatoms. The molecule has 0 bridgehead atoms. The van der Waals surface area contributed by atoms with Crippen molar-refractivity contribution in [3.8, 4) is 11.1 Å². The van der Waals surface area contributed by atoms with Crippen LogP contribution in [0.15, 0.2) is 72.8 Å². The molecule has 1 amide bonds. The third-order valence-corrected chi connectivity index (χ3v) is 7.55. The zero-order chi connectivity index (χ0) is 27.0. The number of para-hydroxylation sites is 1. The molecule has 0 spiro atoms. The van der Waals surface area contributed by atoms with E-state index in [0.29, 0.717) is 25.3 Å². The predicted octanol–water partition coefficient (Wildman–Crippen LogP) is 6.02. The highest BCUT2D eigenvalue weighted by Gasteiger charge is 2.25. The van der Waals surface area contributed by atoms with Crippen LogP contribution in [-0.2, 0) is 16.8 Å². The van der Waals surface area contributed by atoms with Gasteiger partial charge < -0.3 is 19.5 Å². The Morgan fingerprint density at radius 3 is 2.18 bits per heavy atom. The number of nitrogens with zero attached hydrogens (tertiary/aromatic N) is 3. The van der Waals surface area contributed by atoms with Gasteiger partial charge in [-0.15, -0.1) is 0 Å². The molecule has 3 aromatic carbocycles. The van der Waals surface area contributed by atoms with Crippen molar-refractivity contribution in [2.45, 2.75) is 39.7 Å². The number of rotatable bonds is 5. The topological polar surface area (TPSA) is 65.8 Å². The number of aromatic carboxylic acids is 1. The van der Waals surface area contributed by atoms with Crippen LogP contribution in [0.5, 0.6) is 0 Å². The number of aromatic nitrogens is 1. The van der Waals surface area contributed by atoms with E-state index in [1.807, 2.05) is 58.0 Å². The van der Waals surface area contributed by atoms with Gasteiger partial charge in [0.1, 0.15) is 5.69 Å². The lowest BCUT2D eigenvalue weighted by Gasteiger charge is -2.35. The van der Waals surface area contributed by atoms with E-state index in [9.17, 15) is 14.7 Å². The number of hydrogen-bond acceptors (Lipinski definition) is 3. The van der Waals surface area contributed by atoms with Crippen molar-refractivity contribution in [3.05, 3.63) is 89.6 Å². The lowest BCUT2D eigenvalue weighted by Crippen LogP contribution is -2.48. The van der Waals surface area contributed by atoms with E-state index in [0.717, 1.165) is 46.4 Å². The van der Waals surface area contributed by atoms with Gasteiger partial charge >= 0.3 is 5.97 Å². The van der Waals surface area contributed by atoms with E-state index >= 15 is 0 Å². The molecule has 196 valence electrons. The van der Waals surface area contributed by atoms with Crippen LogP contribution in [0.1, 0.15) is 49.3 Å². The van der Waals surface area contributed by atoms with E-state index < -0.39 is 5.97 Å². The zero-order valence-electron chi connectivity index (χ0n) is 22.6. The van der Waals surface area contributed by atoms with Gasteiger partial charge in [-0.05, 0) is 40.3 Å². The number of carboxylic acids is 1. The number of carboxylic acid groups (broad SMARTS) is 1. The molecule has 1 fully saturated rings. The van der Waals surface area contributed by atoms with E-state index in [-0.39, 0.29) is 11.3 Å². The van der Waals surface area contributed by atoms with E-state index in [2.05, 4.69) is 49.9 Å². The van der Waals surface area contributed by atoms with Crippen LogP contribution in [0.3, 0.4) is 0 Å². The minimum Gasteiger partial charge on any atom is -0.477 e. The molecule has 1 aromatic heterocycles. The second-order valence-electron chi connectivity index (χ2n) is 11.1. The number of hydrogen-bond donors (Lipinski definition) is 1. The highest BCUT2D eigenvalue weighted by molar-refractivity contribution is 6.08. The van der Waals surface area contributed by atoms with Gasteiger partial charge in [0.15, 0.2) is 0 Å². The molecule has 1 N–H and O–H groups in total. The molecular weight excluding hydrogens is 474 g/mol. The number of fused-ring (bicyclic) bond motifs is 1. The van der Waals surface area contributed by atoms with Gasteiger partial charge in [0, 0.05) is 61.8 Å². The SMILES string of the molecule is CC(=O)N1CCN(c2cccc(Cn3c(C(=O)O)c(-c4ccc(C(C)(C)C)cc4)c4ccccc43)c2)CC1. The van der Waals surface area contributed by atoms with E-state index in [4.69, 9.17) is 0 Å². The van der Waals surface area contributed by atoms with Crippen molar-refractivity contribution in [1.82, 2.24) is 9.47 Å². The molecule has 2 heterocycles. The summed E-state index contributed by atoms with van der Waals surface area (Å²) in [6, 6.07) is 24.5. The number of anilines is 1. The van der Waals surface area contributed by atoms with Gasteiger partial charge in [0.2, 0.25) is 5.91 Å². The Kier molecular flexibility index (Phi) is 6.74. The maximum absolute atomic E-state index is 12.7. The van der Waals surface area contributed by atoms with Crippen LogP contribution in [0, 0.1) is 0 Å². The van der Waals surface area contributed by atoms with Crippen LogP contribution >= 0.6 is 0 Å². The summed E-state index contributed by atoms with van der Waals surface area (Å²) in [4.78, 5) is 28.6. The summed E-state index contributed by atoms with van der Waals surface area (Å²) in [6.45, 7) is 11.6. The molecule has 0 saturated carbocycles. The number of benzene rings is 3. The normalized spacial score (nSPS) is 14.2. The second-order valence-corrected chi connectivity index (χ2v) is 11.1. The van der Waals surface area contributed by atoms with Crippen molar-refractivity contribution in [3.63, 3.8) is 0 Å². The van der Waals surface area contributed by atoms with Gasteiger partial charge in [-0.2, -0.15) is 0 Å². The largest absolute Gasteiger partial charge is 0.477 e. The van der Waals surface area contributed by atoms with E-state index in [1.54, 1.807) is 6.92 Å². The highest BCUT2D eigenvalue weighted by Crippen LogP contribution is 2.37.